The molecule has 0 radical (unpaired) electrons. The predicted molar refractivity (Wildman–Crippen MR) is 49.7 cm³/mol. The van der Waals surface area contributed by atoms with Gasteiger partial charge in [0, 0.05) is 6.42 Å². The van der Waals surface area contributed by atoms with Gasteiger partial charge in [0.2, 0.25) is 0 Å². The van der Waals surface area contributed by atoms with Gasteiger partial charge in [-0.05, 0) is 38.3 Å². The fourth-order valence-corrected chi connectivity index (χ4v) is 1.81. The van der Waals surface area contributed by atoms with Gasteiger partial charge in [-0.15, -0.1) is 0 Å². The lowest BCUT2D eigenvalue weighted by Crippen LogP contribution is -2.22. The van der Waals surface area contributed by atoms with Crippen LogP contribution in [0.25, 0.3) is 0 Å². The number of nitrogens with zero attached hydrogens (tertiary/aromatic N) is 1. The monoisotopic (exact) mass is 166 g/mol. The summed E-state index contributed by atoms with van der Waals surface area (Å²) in [7, 11) is 0. The van der Waals surface area contributed by atoms with E-state index in [2.05, 4.69) is 11.4 Å². The van der Waals surface area contributed by atoms with Crippen LogP contribution in [0.1, 0.15) is 38.5 Å². The molecular formula is C10H18N2. The molecule has 1 aliphatic carbocycles. The summed E-state index contributed by atoms with van der Waals surface area (Å²) in [6, 6.07) is 2.16. The minimum Gasteiger partial charge on any atom is -0.316 e. The lowest BCUT2D eigenvalue weighted by Gasteiger charge is -2.08. The van der Waals surface area contributed by atoms with Gasteiger partial charge in [-0.25, -0.2) is 0 Å². The molecule has 68 valence electrons. The van der Waals surface area contributed by atoms with E-state index in [4.69, 9.17) is 5.26 Å². The van der Waals surface area contributed by atoms with Crippen molar-refractivity contribution in [1.82, 2.24) is 5.32 Å². The van der Waals surface area contributed by atoms with Crippen molar-refractivity contribution in [3.63, 3.8) is 0 Å². The zero-order valence-electron chi connectivity index (χ0n) is 7.68. The topological polar surface area (TPSA) is 35.8 Å². The van der Waals surface area contributed by atoms with Crippen LogP contribution in [0, 0.1) is 17.2 Å². The van der Waals surface area contributed by atoms with Crippen molar-refractivity contribution >= 4 is 0 Å². The number of nitriles is 1. The summed E-state index contributed by atoms with van der Waals surface area (Å²) >= 11 is 0. The fraction of sp³-hybridized carbons (Fsp3) is 0.900. The summed E-state index contributed by atoms with van der Waals surface area (Å²) in [5, 5.41) is 11.7. The number of hydrogen-bond donors (Lipinski definition) is 1. The molecule has 0 amide bonds. The molecule has 0 aliphatic heterocycles. The third kappa shape index (κ3) is 3.73. The van der Waals surface area contributed by atoms with Gasteiger partial charge < -0.3 is 5.32 Å². The van der Waals surface area contributed by atoms with Crippen LogP contribution in [0.3, 0.4) is 0 Å². The molecular weight excluding hydrogens is 148 g/mol. The Labute approximate surface area is 75.0 Å². The second kappa shape index (κ2) is 6.02. The van der Waals surface area contributed by atoms with E-state index in [1.54, 1.807) is 0 Å². The summed E-state index contributed by atoms with van der Waals surface area (Å²) in [5.41, 5.74) is 0. The van der Waals surface area contributed by atoms with E-state index in [1.165, 1.54) is 32.2 Å². The first-order chi connectivity index (χ1) is 5.93. The summed E-state index contributed by atoms with van der Waals surface area (Å²) in [5.74, 6) is 0.923. The second-order valence-electron chi connectivity index (χ2n) is 3.62. The molecule has 0 aromatic rings. The molecule has 0 spiro atoms. The van der Waals surface area contributed by atoms with Crippen molar-refractivity contribution < 1.29 is 0 Å². The van der Waals surface area contributed by atoms with Crippen LogP contribution >= 0.6 is 0 Å². The molecule has 0 atom stereocenters. The largest absolute Gasteiger partial charge is 0.316 e. The molecule has 12 heavy (non-hydrogen) atoms. The normalized spacial score (nSPS) is 17.9. The third-order valence-electron chi connectivity index (χ3n) is 2.55. The molecule has 1 fully saturated rings. The average molecular weight is 166 g/mol. The van der Waals surface area contributed by atoms with Gasteiger partial charge in [0.1, 0.15) is 0 Å². The van der Waals surface area contributed by atoms with Crippen LogP contribution in [0.4, 0.5) is 0 Å². The smallest absolute Gasteiger partial charge is 0.0622 e. The van der Waals surface area contributed by atoms with Gasteiger partial charge in [-0.1, -0.05) is 12.8 Å². The van der Waals surface area contributed by atoms with Gasteiger partial charge in [-0.3, -0.25) is 0 Å². The Morgan fingerprint density at radius 2 is 2.08 bits per heavy atom. The number of unbranched alkanes of at least 4 members (excludes halogenated alkanes) is 1. The lowest BCUT2D eigenvalue weighted by atomic mass is 10.1. The molecule has 0 unspecified atom stereocenters. The highest BCUT2D eigenvalue weighted by Crippen LogP contribution is 2.23. The van der Waals surface area contributed by atoms with Gasteiger partial charge in [-0.2, -0.15) is 5.26 Å². The number of hydrogen-bond acceptors (Lipinski definition) is 2. The van der Waals surface area contributed by atoms with Crippen molar-refractivity contribution in [3.05, 3.63) is 0 Å². The van der Waals surface area contributed by atoms with E-state index < -0.39 is 0 Å². The zero-order chi connectivity index (χ0) is 8.65. The molecule has 2 nitrogen and oxygen atoms in total. The standard InChI is InChI=1S/C10H18N2/c11-7-3-4-8-12-9-10-5-1-2-6-10/h10,12H,1-6,8-9H2. The van der Waals surface area contributed by atoms with Crippen LogP contribution in [0.5, 0.6) is 0 Å². The molecule has 1 N–H and O–H groups in total. The highest BCUT2D eigenvalue weighted by molar-refractivity contribution is 4.71. The second-order valence-corrected chi connectivity index (χ2v) is 3.62. The van der Waals surface area contributed by atoms with E-state index in [-0.39, 0.29) is 0 Å². The van der Waals surface area contributed by atoms with Gasteiger partial charge in [0.15, 0.2) is 0 Å². The Kier molecular flexibility index (Phi) is 4.79. The Morgan fingerprint density at radius 3 is 2.75 bits per heavy atom. The highest BCUT2D eigenvalue weighted by Gasteiger charge is 2.13. The molecule has 1 saturated carbocycles. The molecule has 0 aromatic heterocycles. The molecule has 0 bridgehead atoms. The number of rotatable bonds is 5. The molecule has 2 heteroatoms. The Hall–Kier alpha value is -0.550. The molecule has 0 aromatic carbocycles. The predicted octanol–water partition coefficient (Wildman–Crippen LogP) is 2.07. The van der Waals surface area contributed by atoms with E-state index in [1.807, 2.05) is 0 Å². The third-order valence-corrected chi connectivity index (χ3v) is 2.55. The SMILES string of the molecule is N#CCCCNCC1CCCC1. The van der Waals surface area contributed by atoms with Crippen LogP contribution < -0.4 is 5.32 Å². The van der Waals surface area contributed by atoms with Crippen molar-refractivity contribution in [2.24, 2.45) is 5.92 Å². The Bertz CT molecular complexity index is 142. The molecule has 1 rings (SSSR count). The van der Waals surface area contributed by atoms with E-state index in [9.17, 15) is 0 Å². The molecule has 0 saturated heterocycles. The van der Waals surface area contributed by atoms with Gasteiger partial charge in [0.25, 0.3) is 0 Å². The van der Waals surface area contributed by atoms with Crippen LogP contribution in [0.15, 0.2) is 0 Å². The summed E-state index contributed by atoms with van der Waals surface area (Å²) in [4.78, 5) is 0. The van der Waals surface area contributed by atoms with E-state index >= 15 is 0 Å². The maximum absolute atomic E-state index is 8.30. The van der Waals surface area contributed by atoms with Crippen LogP contribution in [0.2, 0.25) is 0 Å². The van der Waals surface area contributed by atoms with E-state index in [0.29, 0.717) is 6.42 Å². The first-order valence-corrected chi connectivity index (χ1v) is 5.01. The lowest BCUT2D eigenvalue weighted by molar-refractivity contribution is 0.487. The number of nitrogens with one attached hydrogen (secondary N) is 1. The van der Waals surface area contributed by atoms with Crippen molar-refractivity contribution in [3.8, 4) is 6.07 Å². The maximum Gasteiger partial charge on any atom is 0.0622 e. The minimum absolute atomic E-state index is 0.692. The Morgan fingerprint density at radius 1 is 1.33 bits per heavy atom. The van der Waals surface area contributed by atoms with Crippen LogP contribution in [-0.2, 0) is 0 Å². The zero-order valence-corrected chi connectivity index (χ0v) is 7.68. The fourth-order valence-electron chi connectivity index (χ4n) is 1.81. The van der Waals surface area contributed by atoms with Gasteiger partial charge in [0.05, 0.1) is 6.07 Å². The Balaban J connectivity index is 1.85. The first kappa shape index (κ1) is 9.54. The van der Waals surface area contributed by atoms with Gasteiger partial charge >= 0.3 is 0 Å². The van der Waals surface area contributed by atoms with Crippen LogP contribution in [-0.4, -0.2) is 13.1 Å². The van der Waals surface area contributed by atoms with Crippen molar-refractivity contribution in [2.75, 3.05) is 13.1 Å². The highest BCUT2D eigenvalue weighted by atomic mass is 14.9. The average Bonchev–Trinajstić information content (AvgIpc) is 2.57. The summed E-state index contributed by atoms with van der Waals surface area (Å²) in [6.45, 7) is 2.19. The minimum atomic E-state index is 0.692. The first-order valence-electron chi connectivity index (χ1n) is 5.01. The van der Waals surface area contributed by atoms with Crippen molar-refractivity contribution in [1.29, 1.82) is 5.26 Å². The van der Waals surface area contributed by atoms with Crippen molar-refractivity contribution in [2.45, 2.75) is 38.5 Å². The maximum atomic E-state index is 8.30. The summed E-state index contributed by atoms with van der Waals surface area (Å²) < 4.78 is 0. The molecule has 0 heterocycles. The quantitative estimate of drug-likeness (QED) is 0.635. The van der Waals surface area contributed by atoms with E-state index in [0.717, 1.165) is 18.9 Å². The molecule has 1 aliphatic rings. The summed E-state index contributed by atoms with van der Waals surface area (Å²) in [6.07, 6.45) is 7.35.